The second-order valence-corrected chi connectivity index (χ2v) is 4.56. The summed E-state index contributed by atoms with van der Waals surface area (Å²) < 4.78 is 3.36. The van der Waals surface area contributed by atoms with E-state index in [1.807, 2.05) is 0 Å². The van der Waals surface area contributed by atoms with Crippen molar-refractivity contribution in [3.63, 3.8) is 0 Å². The molecule has 0 atom stereocenters. The van der Waals surface area contributed by atoms with Gasteiger partial charge in [0.25, 0.3) is 0 Å². The molecule has 0 spiro atoms. The van der Waals surface area contributed by atoms with Crippen molar-refractivity contribution < 1.29 is 0 Å². The van der Waals surface area contributed by atoms with Gasteiger partial charge in [0.1, 0.15) is 0 Å². The lowest BCUT2D eigenvalue weighted by atomic mass is 10.1. The maximum atomic E-state index is 3.44. The van der Waals surface area contributed by atoms with Gasteiger partial charge in [0.2, 0.25) is 0 Å². The van der Waals surface area contributed by atoms with Crippen LogP contribution in [0.5, 0.6) is 0 Å². The fraction of sp³-hybridized carbons (Fsp3) is 0.231. The number of aromatic nitrogens is 1. The Bertz CT molecular complexity index is 428. The first-order chi connectivity index (χ1) is 7.29. The van der Waals surface area contributed by atoms with Gasteiger partial charge in [-0.25, -0.2) is 0 Å². The fourth-order valence-electron chi connectivity index (χ4n) is 1.65. The Morgan fingerprint density at radius 2 is 1.80 bits per heavy atom. The lowest BCUT2D eigenvalue weighted by Crippen LogP contribution is -1.90. The summed E-state index contributed by atoms with van der Waals surface area (Å²) in [6, 6.07) is 10.6. The number of halogens is 1. The van der Waals surface area contributed by atoms with Gasteiger partial charge < -0.3 is 4.57 Å². The van der Waals surface area contributed by atoms with Crippen LogP contribution in [0.1, 0.15) is 13.3 Å². The molecule has 2 heteroatoms. The summed E-state index contributed by atoms with van der Waals surface area (Å²) in [4.78, 5) is 0. The number of hydrogen-bond donors (Lipinski definition) is 0. The zero-order chi connectivity index (χ0) is 10.7. The average Bonchev–Trinajstić information content (AvgIpc) is 2.68. The van der Waals surface area contributed by atoms with E-state index in [-0.39, 0.29) is 0 Å². The molecular weight excluding hydrogens is 250 g/mol. The smallest absolute Gasteiger partial charge is 0.0217 e. The Balaban J connectivity index is 2.25. The number of aryl methyl sites for hydroxylation is 1. The van der Waals surface area contributed by atoms with Crippen molar-refractivity contribution in [3.8, 4) is 11.1 Å². The molecule has 78 valence electrons. The second kappa shape index (κ2) is 4.67. The number of nitrogens with zero attached hydrogens (tertiary/aromatic N) is 1. The summed E-state index contributed by atoms with van der Waals surface area (Å²) in [5.41, 5.74) is 2.56. The van der Waals surface area contributed by atoms with Crippen molar-refractivity contribution in [2.24, 2.45) is 0 Å². The molecule has 0 saturated carbocycles. The van der Waals surface area contributed by atoms with Gasteiger partial charge >= 0.3 is 0 Å². The molecule has 0 N–H and O–H groups in total. The number of hydrogen-bond acceptors (Lipinski definition) is 0. The van der Waals surface area contributed by atoms with Crippen molar-refractivity contribution in [2.45, 2.75) is 19.9 Å². The largest absolute Gasteiger partial charge is 0.354 e. The van der Waals surface area contributed by atoms with Crippen LogP contribution >= 0.6 is 15.9 Å². The van der Waals surface area contributed by atoms with Crippen LogP contribution < -0.4 is 0 Å². The van der Waals surface area contributed by atoms with Crippen LogP contribution in [0.4, 0.5) is 0 Å². The third-order valence-electron chi connectivity index (χ3n) is 2.41. The average molecular weight is 264 g/mol. The summed E-state index contributed by atoms with van der Waals surface area (Å²) >= 11 is 3.44. The SMILES string of the molecule is CCCn1ccc(-c2ccc(Br)cc2)c1. The van der Waals surface area contributed by atoms with Gasteiger partial charge in [-0.3, -0.25) is 0 Å². The van der Waals surface area contributed by atoms with E-state index in [0.717, 1.165) is 11.0 Å². The standard InChI is InChI=1S/C13H14BrN/c1-2-8-15-9-7-12(10-15)11-3-5-13(14)6-4-11/h3-7,9-10H,2,8H2,1H3. The molecule has 0 amide bonds. The minimum Gasteiger partial charge on any atom is -0.354 e. The molecule has 1 aromatic carbocycles. The third-order valence-corrected chi connectivity index (χ3v) is 2.94. The molecule has 0 aliphatic heterocycles. The van der Waals surface area contributed by atoms with Gasteiger partial charge in [0, 0.05) is 23.4 Å². The van der Waals surface area contributed by atoms with Crippen LogP contribution in [0.15, 0.2) is 47.2 Å². The van der Waals surface area contributed by atoms with E-state index in [0.29, 0.717) is 0 Å². The highest BCUT2D eigenvalue weighted by Gasteiger charge is 1.99. The predicted molar refractivity (Wildman–Crippen MR) is 67.9 cm³/mol. The van der Waals surface area contributed by atoms with Crippen LogP contribution in [0.2, 0.25) is 0 Å². The topological polar surface area (TPSA) is 4.93 Å². The number of rotatable bonds is 3. The molecule has 1 aromatic heterocycles. The van der Waals surface area contributed by atoms with Gasteiger partial charge in [-0.2, -0.15) is 0 Å². The van der Waals surface area contributed by atoms with Crippen LogP contribution in [-0.4, -0.2) is 4.57 Å². The predicted octanol–water partition coefficient (Wildman–Crippen LogP) is 4.33. The molecule has 0 aliphatic carbocycles. The molecule has 1 heterocycles. The molecule has 0 unspecified atom stereocenters. The molecule has 2 rings (SSSR count). The molecule has 1 nitrogen and oxygen atoms in total. The highest BCUT2D eigenvalue weighted by molar-refractivity contribution is 9.10. The first-order valence-electron chi connectivity index (χ1n) is 5.21. The maximum absolute atomic E-state index is 3.44. The molecule has 0 aliphatic rings. The molecule has 0 radical (unpaired) electrons. The third kappa shape index (κ3) is 2.51. The van der Waals surface area contributed by atoms with E-state index >= 15 is 0 Å². The summed E-state index contributed by atoms with van der Waals surface area (Å²) in [6.07, 6.45) is 5.52. The summed E-state index contributed by atoms with van der Waals surface area (Å²) in [5.74, 6) is 0. The Labute approximate surface area is 98.9 Å². The quantitative estimate of drug-likeness (QED) is 0.777. The molecule has 2 aromatic rings. The van der Waals surface area contributed by atoms with Gasteiger partial charge in [0.15, 0.2) is 0 Å². The van der Waals surface area contributed by atoms with Gasteiger partial charge in [-0.05, 0) is 35.7 Å². The maximum Gasteiger partial charge on any atom is 0.0217 e. The van der Waals surface area contributed by atoms with Crippen molar-refractivity contribution >= 4 is 15.9 Å². The highest BCUT2D eigenvalue weighted by Crippen LogP contribution is 2.22. The van der Waals surface area contributed by atoms with Crippen LogP contribution in [0.25, 0.3) is 11.1 Å². The molecular formula is C13H14BrN. The van der Waals surface area contributed by atoms with Crippen molar-refractivity contribution in [1.82, 2.24) is 4.57 Å². The van der Waals surface area contributed by atoms with E-state index in [1.165, 1.54) is 17.5 Å². The summed E-state index contributed by atoms with van der Waals surface area (Å²) in [5, 5.41) is 0. The summed E-state index contributed by atoms with van der Waals surface area (Å²) in [6.45, 7) is 3.29. The Morgan fingerprint density at radius 1 is 1.07 bits per heavy atom. The van der Waals surface area contributed by atoms with E-state index in [9.17, 15) is 0 Å². The van der Waals surface area contributed by atoms with E-state index < -0.39 is 0 Å². The van der Waals surface area contributed by atoms with Crippen LogP contribution in [-0.2, 0) is 6.54 Å². The zero-order valence-electron chi connectivity index (χ0n) is 8.78. The lowest BCUT2D eigenvalue weighted by molar-refractivity contribution is 0.684. The normalized spacial score (nSPS) is 10.5. The van der Waals surface area contributed by atoms with Gasteiger partial charge in [0.05, 0.1) is 0 Å². The van der Waals surface area contributed by atoms with Gasteiger partial charge in [-0.15, -0.1) is 0 Å². The van der Waals surface area contributed by atoms with Crippen molar-refractivity contribution in [2.75, 3.05) is 0 Å². The molecule has 0 bridgehead atoms. The van der Waals surface area contributed by atoms with Crippen molar-refractivity contribution in [1.29, 1.82) is 0 Å². The minimum absolute atomic E-state index is 1.09. The summed E-state index contributed by atoms with van der Waals surface area (Å²) in [7, 11) is 0. The van der Waals surface area contributed by atoms with Crippen molar-refractivity contribution in [3.05, 3.63) is 47.2 Å². The van der Waals surface area contributed by atoms with E-state index in [4.69, 9.17) is 0 Å². The highest BCUT2D eigenvalue weighted by atomic mass is 79.9. The molecule has 0 saturated heterocycles. The Hall–Kier alpha value is -1.02. The first kappa shape index (κ1) is 10.5. The Morgan fingerprint density at radius 3 is 2.47 bits per heavy atom. The second-order valence-electron chi connectivity index (χ2n) is 3.64. The van der Waals surface area contributed by atoms with Gasteiger partial charge in [-0.1, -0.05) is 35.0 Å². The van der Waals surface area contributed by atoms with Crippen LogP contribution in [0, 0.1) is 0 Å². The minimum atomic E-state index is 1.09. The van der Waals surface area contributed by atoms with E-state index in [1.54, 1.807) is 0 Å². The fourth-order valence-corrected chi connectivity index (χ4v) is 1.92. The van der Waals surface area contributed by atoms with E-state index in [2.05, 4.69) is 70.1 Å². The lowest BCUT2D eigenvalue weighted by Gasteiger charge is -1.99. The Kier molecular flexibility index (Phi) is 3.27. The monoisotopic (exact) mass is 263 g/mol. The molecule has 0 fully saturated rings. The first-order valence-corrected chi connectivity index (χ1v) is 6.00. The zero-order valence-corrected chi connectivity index (χ0v) is 10.4. The van der Waals surface area contributed by atoms with Crippen LogP contribution in [0.3, 0.4) is 0 Å². The number of benzene rings is 1. The molecule has 15 heavy (non-hydrogen) atoms.